The molecule has 0 radical (unpaired) electrons. The zero-order valence-corrected chi connectivity index (χ0v) is 12.9. The molecule has 118 valence electrons. The van der Waals surface area contributed by atoms with Crippen molar-refractivity contribution in [2.45, 2.75) is 46.2 Å². The van der Waals surface area contributed by atoms with Crippen molar-refractivity contribution >= 4 is 11.6 Å². The maximum Gasteiger partial charge on any atom is 0.287 e. The Morgan fingerprint density at radius 3 is 2.48 bits per heavy atom. The van der Waals surface area contributed by atoms with Crippen molar-refractivity contribution in [2.24, 2.45) is 5.92 Å². The first-order chi connectivity index (χ1) is 9.77. The fourth-order valence-electron chi connectivity index (χ4n) is 2.13. The highest BCUT2D eigenvalue weighted by atomic mass is 16.6. The van der Waals surface area contributed by atoms with Gasteiger partial charge in [0.05, 0.1) is 11.1 Å². The zero-order chi connectivity index (χ0) is 16.2. The van der Waals surface area contributed by atoms with E-state index in [1.165, 1.54) is 12.3 Å². The van der Waals surface area contributed by atoms with E-state index in [0.717, 1.165) is 0 Å². The topological polar surface area (TPSA) is 97.4 Å². The Hall–Kier alpha value is -1.89. The summed E-state index contributed by atoms with van der Waals surface area (Å²) in [5.74, 6) is -0.192. The third-order valence-electron chi connectivity index (χ3n) is 3.40. The van der Waals surface area contributed by atoms with Crippen LogP contribution < -0.4 is 5.32 Å². The van der Waals surface area contributed by atoms with Crippen LogP contribution in [0.15, 0.2) is 12.3 Å². The van der Waals surface area contributed by atoms with Gasteiger partial charge in [0, 0.05) is 24.8 Å². The molecular weight excluding hydrogens is 274 g/mol. The molecule has 1 unspecified atom stereocenters. The second kappa shape index (κ2) is 7.21. The summed E-state index contributed by atoms with van der Waals surface area (Å²) in [4.78, 5) is 22.7. The van der Waals surface area contributed by atoms with Crippen molar-refractivity contribution in [3.8, 4) is 0 Å². The second-order valence-electron chi connectivity index (χ2n) is 5.68. The first kappa shape index (κ1) is 17.2. The Bertz CT molecular complexity index is 508. The standard InChI is InChI=1S/C14H23N3O4/c1-9(2)12(5-6-18)15-14(19)13-7-11(17(20)21)8-16(13)10(3)4/h7-10,12,18H,5-6H2,1-4H3,(H,15,19). The highest BCUT2D eigenvalue weighted by molar-refractivity contribution is 5.93. The lowest BCUT2D eigenvalue weighted by molar-refractivity contribution is -0.384. The van der Waals surface area contributed by atoms with Crippen LogP contribution in [-0.2, 0) is 0 Å². The molecule has 0 spiro atoms. The van der Waals surface area contributed by atoms with Crippen molar-refractivity contribution in [3.05, 3.63) is 28.1 Å². The summed E-state index contributed by atoms with van der Waals surface area (Å²) in [5.41, 5.74) is 0.164. The van der Waals surface area contributed by atoms with Gasteiger partial charge in [-0.25, -0.2) is 0 Å². The molecule has 1 rings (SSSR count). The minimum absolute atomic E-state index is 0.0194. The maximum atomic E-state index is 12.4. The van der Waals surface area contributed by atoms with E-state index in [0.29, 0.717) is 6.42 Å². The molecule has 0 aliphatic heterocycles. The van der Waals surface area contributed by atoms with E-state index in [-0.39, 0.29) is 41.9 Å². The Kier molecular flexibility index (Phi) is 5.90. The Morgan fingerprint density at radius 1 is 1.43 bits per heavy atom. The smallest absolute Gasteiger partial charge is 0.287 e. The lowest BCUT2D eigenvalue weighted by Gasteiger charge is -2.22. The summed E-state index contributed by atoms with van der Waals surface area (Å²) in [5, 5.41) is 22.8. The van der Waals surface area contributed by atoms with Crippen molar-refractivity contribution in [3.63, 3.8) is 0 Å². The number of rotatable bonds is 7. The van der Waals surface area contributed by atoms with E-state index in [1.54, 1.807) is 4.57 Å². The summed E-state index contributed by atoms with van der Waals surface area (Å²) in [6.45, 7) is 7.59. The molecule has 21 heavy (non-hydrogen) atoms. The van der Waals surface area contributed by atoms with Gasteiger partial charge < -0.3 is 15.0 Å². The normalized spacial score (nSPS) is 12.7. The molecule has 7 nitrogen and oxygen atoms in total. The lowest BCUT2D eigenvalue weighted by Crippen LogP contribution is -2.40. The van der Waals surface area contributed by atoms with Gasteiger partial charge in [0.1, 0.15) is 5.69 Å². The number of hydrogen-bond acceptors (Lipinski definition) is 4. The number of carbonyl (C=O) groups excluding carboxylic acids is 1. The SMILES string of the molecule is CC(C)C(CCO)NC(=O)c1cc([N+](=O)[O-])cn1C(C)C. The van der Waals surface area contributed by atoms with Crippen LogP contribution in [0.3, 0.4) is 0 Å². The molecule has 0 fully saturated rings. The largest absolute Gasteiger partial charge is 0.396 e. The minimum Gasteiger partial charge on any atom is -0.396 e. The van der Waals surface area contributed by atoms with Crippen molar-refractivity contribution < 1.29 is 14.8 Å². The summed E-state index contributed by atoms with van der Waals surface area (Å²) >= 11 is 0. The number of amides is 1. The molecular formula is C14H23N3O4. The first-order valence-electron chi connectivity index (χ1n) is 7.05. The van der Waals surface area contributed by atoms with E-state index in [9.17, 15) is 14.9 Å². The summed E-state index contributed by atoms with van der Waals surface area (Å²) in [6, 6.07) is 1.05. The van der Waals surface area contributed by atoms with Crippen LogP contribution in [0.4, 0.5) is 5.69 Å². The molecule has 7 heteroatoms. The van der Waals surface area contributed by atoms with Gasteiger partial charge >= 0.3 is 0 Å². The van der Waals surface area contributed by atoms with E-state index in [1.807, 2.05) is 27.7 Å². The van der Waals surface area contributed by atoms with Gasteiger partial charge in [-0.1, -0.05) is 13.8 Å². The van der Waals surface area contributed by atoms with Gasteiger partial charge in [0.15, 0.2) is 0 Å². The van der Waals surface area contributed by atoms with Gasteiger partial charge in [-0.05, 0) is 26.2 Å². The second-order valence-corrected chi connectivity index (χ2v) is 5.68. The average molecular weight is 297 g/mol. The summed E-state index contributed by atoms with van der Waals surface area (Å²) < 4.78 is 1.59. The molecule has 1 aromatic heterocycles. The van der Waals surface area contributed by atoms with Gasteiger partial charge in [-0.15, -0.1) is 0 Å². The monoisotopic (exact) mass is 297 g/mol. The summed E-state index contributed by atoms with van der Waals surface area (Å²) in [7, 11) is 0. The average Bonchev–Trinajstić information content (AvgIpc) is 2.83. The third-order valence-corrected chi connectivity index (χ3v) is 3.40. The lowest BCUT2D eigenvalue weighted by atomic mass is 10.0. The predicted molar refractivity (Wildman–Crippen MR) is 79.3 cm³/mol. The fraction of sp³-hybridized carbons (Fsp3) is 0.643. The summed E-state index contributed by atoms with van der Waals surface area (Å²) in [6.07, 6.45) is 1.82. The number of nitro groups is 1. The number of hydrogen-bond donors (Lipinski definition) is 2. The van der Waals surface area contributed by atoms with Crippen LogP contribution >= 0.6 is 0 Å². The van der Waals surface area contributed by atoms with Gasteiger partial charge in [-0.3, -0.25) is 14.9 Å². The number of nitrogens with zero attached hydrogens (tertiary/aromatic N) is 2. The molecule has 1 aromatic rings. The van der Waals surface area contributed by atoms with Crippen molar-refractivity contribution in [1.29, 1.82) is 0 Å². The van der Waals surface area contributed by atoms with Crippen LogP contribution in [-0.4, -0.2) is 33.2 Å². The van der Waals surface area contributed by atoms with Crippen LogP contribution in [0.1, 0.15) is 50.6 Å². The molecule has 1 amide bonds. The van der Waals surface area contributed by atoms with Crippen LogP contribution in [0.25, 0.3) is 0 Å². The number of aliphatic hydroxyl groups excluding tert-OH is 1. The van der Waals surface area contributed by atoms with E-state index in [4.69, 9.17) is 5.11 Å². The third kappa shape index (κ3) is 4.29. The Labute approximate surface area is 124 Å². The molecule has 0 bridgehead atoms. The molecule has 0 aliphatic rings. The number of nitrogens with one attached hydrogen (secondary N) is 1. The van der Waals surface area contributed by atoms with E-state index < -0.39 is 4.92 Å². The fourth-order valence-corrected chi connectivity index (χ4v) is 2.13. The quantitative estimate of drug-likeness (QED) is 0.595. The molecule has 0 saturated carbocycles. The van der Waals surface area contributed by atoms with Gasteiger partial charge in [-0.2, -0.15) is 0 Å². The molecule has 2 N–H and O–H groups in total. The van der Waals surface area contributed by atoms with Gasteiger partial charge in [0.2, 0.25) is 0 Å². The molecule has 0 aliphatic carbocycles. The molecule has 1 heterocycles. The van der Waals surface area contributed by atoms with Gasteiger partial charge in [0.25, 0.3) is 11.6 Å². The number of aromatic nitrogens is 1. The van der Waals surface area contributed by atoms with Crippen LogP contribution in [0, 0.1) is 16.0 Å². The van der Waals surface area contributed by atoms with E-state index in [2.05, 4.69) is 5.32 Å². The van der Waals surface area contributed by atoms with Crippen LogP contribution in [0.5, 0.6) is 0 Å². The molecule has 1 atom stereocenters. The molecule has 0 saturated heterocycles. The Morgan fingerprint density at radius 2 is 2.05 bits per heavy atom. The van der Waals surface area contributed by atoms with Crippen LogP contribution in [0.2, 0.25) is 0 Å². The maximum absolute atomic E-state index is 12.4. The molecule has 0 aromatic carbocycles. The number of carbonyl (C=O) groups is 1. The predicted octanol–water partition coefficient (Wildman–Crippen LogP) is 2.11. The zero-order valence-electron chi connectivity index (χ0n) is 12.9. The first-order valence-corrected chi connectivity index (χ1v) is 7.05. The van der Waals surface area contributed by atoms with E-state index >= 15 is 0 Å². The minimum atomic E-state index is -0.511. The Balaban J connectivity index is 3.02. The highest BCUT2D eigenvalue weighted by Gasteiger charge is 2.23. The van der Waals surface area contributed by atoms with Crippen molar-refractivity contribution in [2.75, 3.05) is 6.61 Å². The highest BCUT2D eigenvalue weighted by Crippen LogP contribution is 2.21. The number of aliphatic hydroxyl groups is 1. The van der Waals surface area contributed by atoms with Crippen molar-refractivity contribution in [1.82, 2.24) is 9.88 Å².